The summed E-state index contributed by atoms with van der Waals surface area (Å²) in [6.07, 6.45) is 0. The third kappa shape index (κ3) is 8.52. The Bertz CT molecular complexity index is 1460. The number of carbonyl (C=O) groups is 4. The third-order valence-electron chi connectivity index (χ3n) is 5.57. The van der Waals surface area contributed by atoms with E-state index in [1.165, 1.54) is 12.1 Å². The second-order valence-electron chi connectivity index (χ2n) is 8.74. The van der Waals surface area contributed by atoms with E-state index in [2.05, 4.69) is 4.98 Å². The second-order valence-corrected chi connectivity index (χ2v) is 8.74. The summed E-state index contributed by atoms with van der Waals surface area (Å²) in [5, 5.41) is 36.3. The summed E-state index contributed by atoms with van der Waals surface area (Å²) in [7, 11) is 0. The Morgan fingerprint density at radius 2 is 1.35 bits per heavy atom. The molecule has 4 N–H and O–H groups in total. The van der Waals surface area contributed by atoms with Gasteiger partial charge in [-0.05, 0) is 18.2 Å². The fourth-order valence-electron chi connectivity index (χ4n) is 3.82. The summed E-state index contributed by atoms with van der Waals surface area (Å²) in [6.45, 7) is -3.23. The lowest BCUT2D eigenvalue weighted by Crippen LogP contribution is -2.37. The number of halogens is 4. The normalized spacial score (nSPS) is 11.2. The van der Waals surface area contributed by atoms with Crippen LogP contribution >= 0.6 is 0 Å². The summed E-state index contributed by atoms with van der Waals surface area (Å²) in [4.78, 5) is 50.2. The number of carboxylic acids is 4. The van der Waals surface area contributed by atoms with Gasteiger partial charge in [0.1, 0.15) is 25.4 Å². The van der Waals surface area contributed by atoms with Gasteiger partial charge >= 0.3 is 23.9 Å². The number of carboxylic acid groups (broad SMARTS) is 4. The van der Waals surface area contributed by atoms with Gasteiger partial charge in [-0.2, -0.15) is 4.39 Å². The number of hydrogen-bond donors (Lipinski definition) is 4. The number of benzene rings is 2. The highest BCUT2D eigenvalue weighted by atomic mass is 19.2. The largest absolute Gasteiger partial charge is 0.489 e. The zero-order valence-electron chi connectivity index (χ0n) is 21.9. The predicted octanol–water partition coefficient (Wildman–Crippen LogP) is 1.89. The van der Waals surface area contributed by atoms with Crippen molar-refractivity contribution >= 4 is 40.7 Å². The highest BCUT2D eigenvalue weighted by molar-refractivity contribution is 5.83. The second kappa shape index (κ2) is 14.3. The van der Waals surface area contributed by atoms with Gasteiger partial charge in [0.05, 0.1) is 32.0 Å². The molecule has 0 fully saturated rings. The van der Waals surface area contributed by atoms with Crippen LogP contribution in [0.5, 0.6) is 5.75 Å². The van der Waals surface area contributed by atoms with Gasteiger partial charge in [-0.1, -0.05) is 0 Å². The third-order valence-corrected chi connectivity index (χ3v) is 5.57. The van der Waals surface area contributed by atoms with Gasteiger partial charge in [0.25, 0.3) is 0 Å². The zero-order chi connectivity index (χ0) is 31.8. The first-order chi connectivity index (χ1) is 20.3. The van der Waals surface area contributed by atoms with E-state index in [4.69, 9.17) is 24.1 Å². The first-order valence-corrected chi connectivity index (χ1v) is 12.1. The molecule has 0 unspecified atom stereocenters. The zero-order valence-corrected chi connectivity index (χ0v) is 21.9. The first kappa shape index (κ1) is 32.5. The molecule has 0 aliphatic heterocycles. The van der Waals surface area contributed by atoms with Crippen molar-refractivity contribution in [2.45, 2.75) is 0 Å². The van der Waals surface area contributed by atoms with E-state index in [1.807, 2.05) is 0 Å². The van der Waals surface area contributed by atoms with Gasteiger partial charge in [0.2, 0.25) is 17.5 Å². The number of nitrogens with zero attached hydrogens (tertiary/aromatic N) is 3. The molecule has 0 aliphatic carbocycles. The highest BCUT2D eigenvalue weighted by Crippen LogP contribution is 2.36. The Morgan fingerprint density at radius 1 is 0.767 bits per heavy atom. The molecule has 43 heavy (non-hydrogen) atoms. The van der Waals surface area contributed by atoms with Gasteiger partial charge in [0.15, 0.2) is 22.7 Å². The van der Waals surface area contributed by atoms with Crippen LogP contribution in [0, 0.1) is 23.3 Å². The minimum absolute atomic E-state index is 0.0480. The molecule has 232 valence electrons. The lowest BCUT2D eigenvalue weighted by Gasteiger charge is -2.24. The van der Waals surface area contributed by atoms with Crippen LogP contribution < -0.4 is 9.64 Å². The van der Waals surface area contributed by atoms with Crippen molar-refractivity contribution in [3.05, 3.63) is 41.5 Å². The summed E-state index contributed by atoms with van der Waals surface area (Å²) in [6, 6.07) is 3.57. The Hall–Kier alpha value is -4.97. The molecule has 1 aromatic heterocycles. The van der Waals surface area contributed by atoms with Crippen molar-refractivity contribution in [2.75, 3.05) is 57.4 Å². The van der Waals surface area contributed by atoms with Crippen LogP contribution in [0.4, 0.5) is 23.2 Å². The Labute approximate surface area is 238 Å². The molecule has 0 saturated carbocycles. The molecule has 14 nitrogen and oxygen atoms in total. The summed E-state index contributed by atoms with van der Waals surface area (Å²) in [5.41, 5.74) is -2.05. The molecule has 0 spiro atoms. The summed E-state index contributed by atoms with van der Waals surface area (Å²) < 4.78 is 71.8. The lowest BCUT2D eigenvalue weighted by atomic mass is 10.1. The van der Waals surface area contributed by atoms with Crippen molar-refractivity contribution in [1.82, 2.24) is 9.88 Å². The average molecular weight is 617 g/mol. The smallest absolute Gasteiger partial charge is 0.323 e. The topological polar surface area (TPSA) is 200 Å². The molecule has 3 rings (SSSR count). The molecule has 2 aromatic carbocycles. The molecule has 0 radical (unpaired) electrons. The van der Waals surface area contributed by atoms with Gasteiger partial charge < -0.3 is 39.2 Å². The number of aliphatic carboxylic acids is 4. The maximum atomic E-state index is 14.2. The predicted molar refractivity (Wildman–Crippen MR) is 135 cm³/mol. The van der Waals surface area contributed by atoms with Crippen LogP contribution in [0.25, 0.3) is 22.6 Å². The first-order valence-electron chi connectivity index (χ1n) is 12.1. The fraction of sp³-hybridized carbons (Fsp3) is 0.320. The van der Waals surface area contributed by atoms with E-state index in [9.17, 15) is 47.0 Å². The van der Waals surface area contributed by atoms with E-state index < -0.39 is 90.3 Å². The highest BCUT2D eigenvalue weighted by Gasteiger charge is 2.26. The Morgan fingerprint density at radius 3 is 1.93 bits per heavy atom. The number of oxazole rings is 1. The monoisotopic (exact) mass is 617 g/mol. The van der Waals surface area contributed by atoms with E-state index >= 15 is 0 Å². The SMILES string of the molecule is O=C(O)CN(CCOCCOc1cc(-c2nc3c(F)c(F)c(F)c(F)c3o2)ccc1N(CC(=O)O)CC(=O)O)CC(=O)O. The van der Waals surface area contributed by atoms with Crippen molar-refractivity contribution in [3.63, 3.8) is 0 Å². The number of hydrogen-bond acceptors (Lipinski definition) is 10. The van der Waals surface area contributed by atoms with Crippen LogP contribution in [0.3, 0.4) is 0 Å². The van der Waals surface area contributed by atoms with Crippen LogP contribution in [0.2, 0.25) is 0 Å². The molecule has 0 aliphatic rings. The molecule has 1 heterocycles. The fourth-order valence-corrected chi connectivity index (χ4v) is 3.82. The van der Waals surface area contributed by atoms with Gasteiger partial charge in [-0.3, -0.25) is 24.1 Å². The van der Waals surface area contributed by atoms with Gasteiger partial charge in [-0.25, -0.2) is 18.2 Å². The van der Waals surface area contributed by atoms with Crippen molar-refractivity contribution in [3.8, 4) is 17.2 Å². The minimum atomic E-state index is -2.11. The Kier molecular flexibility index (Phi) is 10.8. The molecule has 0 amide bonds. The maximum absolute atomic E-state index is 14.2. The number of anilines is 1. The van der Waals surface area contributed by atoms with E-state index in [0.717, 1.165) is 15.9 Å². The van der Waals surface area contributed by atoms with E-state index in [0.29, 0.717) is 0 Å². The molecule has 0 atom stereocenters. The molecular weight excluding hydrogens is 594 g/mol. The number of aromatic nitrogens is 1. The number of ether oxygens (including phenoxy) is 2. The van der Waals surface area contributed by atoms with Crippen molar-refractivity contribution in [2.24, 2.45) is 0 Å². The molecule has 18 heteroatoms. The molecule has 0 bridgehead atoms. The minimum Gasteiger partial charge on any atom is -0.489 e. The van der Waals surface area contributed by atoms with Crippen LogP contribution in [-0.2, 0) is 23.9 Å². The maximum Gasteiger partial charge on any atom is 0.323 e. The van der Waals surface area contributed by atoms with Crippen LogP contribution in [0.1, 0.15) is 0 Å². The van der Waals surface area contributed by atoms with E-state index in [1.54, 1.807) is 0 Å². The standard InChI is InChI=1S/C25H23F4N3O11/c26-19-20(27)22(29)24-23(21(19)28)30-25(43-24)12-1-2-13(32(10-17(37)38)11-18(39)40)14(7-12)42-6-5-41-4-3-31(8-15(33)34)9-16(35)36/h1-2,7H,3-6,8-11H2,(H,33,34)(H,35,36)(H,37,38)(H,39,40). The molecule has 0 saturated heterocycles. The number of fused-ring (bicyclic) bond motifs is 1. The van der Waals surface area contributed by atoms with Crippen molar-refractivity contribution in [1.29, 1.82) is 0 Å². The Balaban J connectivity index is 1.85. The van der Waals surface area contributed by atoms with Crippen molar-refractivity contribution < 1.29 is 71.1 Å². The van der Waals surface area contributed by atoms with E-state index in [-0.39, 0.29) is 43.4 Å². The summed E-state index contributed by atoms with van der Waals surface area (Å²) in [5.74, 6) is -13.8. The number of rotatable bonds is 17. The summed E-state index contributed by atoms with van der Waals surface area (Å²) >= 11 is 0. The van der Waals surface area contributed by atoms with Gasteiger partial charge in [0, 0.05) is 12.1 Å². The average Bonchev–Trinajstić information content (AvgIpc) is 3.37. The van der Waals surface area contributed by atoms with Crippen LogP contribution in [-0.4, -0.2) is 107 Å². The van der Waals surface area contributed by atoms with Crippen LogP contribution in [0.15, 0.2) is 22.6 Å². The lowest BCUT2D eigenvalue weighted by molar-refractivity contribution is -0.142. The van der Waals surface area contributed by atoms with Gasteiger partial charge in [-0.15, -0.1) is 0 Å². The molecule has 3 aromatic rings. The quantitative estimate of drug-likeness (QED) is 0.0741. The molecular formula is C25H23F4N3O11.